The number of nitrogens with zero attached hydrogens (tertiary/aromatic N) is 2. The molecule has 1 aromatic rings. The van der Waals surface area contributed by atoms with Crippen molar-refractivity contribution in [3.05, 3.63) is 33.2 Å². The van der Waals surface area contributed by atoms with E-state index in [0.717, 1.165) is 0 Å². The molecule has 1 amide bonds. The van der Waals surface area contributed by atoms with Crippen molar-refractivity contribution in [3.8, 4) is 0 Å². The van der Waals surface area contributed by atoms with Gasteiger partial charge in [-0.3, -0.25) is 9.59 Å². The molecule has 0 aromatic carbocycles. The van der Waals surface area contributed by atoms with E-state index < -0.39 is 12.2 Å². The van der Waals surface area contributed by atoms with Crippen LogP contribution in [0.25, 0.3) is 0 Å². The molecule has 98 valence electrons. The fourth-order valence-electron chi connectivity index (χ4n) is 1.84. The lowest BCUT2D eigenvalue weighted by Gasteiger charge is -2.16. The van der Waals surface area contributed by atoms with Crippen LogP contribution in [0.3, 0.4) is 0 Å². The Labute approximate surface area is 112 Å². The lowest BCUT2D eigenvalue weighted by Crippen LogP contribution is -2.35. The van der Waals surface area contributed by atoms with Crippen LogP contribution in [0, 0.1) is 0 Å². The molecule has 18 heavy (non-hydrogen) atoms. The largest absolute Gasteiger partial charge is 0.388 e. The summed E-state index contributed by atoms with van der Waals surface area (Å²) in [5, 5.41) is 18.7. The highest BCUT2D eigenvalue weighted by Crippen LogP contribution is 2.11. The molecule has 2 N–H and O–H groups in total. The van der Waals surface area contributed by atoms with E-state index in [1.54, 1.807) is 6.07 Å². The van der Waals surface area contributed by atoms with Crippen molar-refractivity contribution in [3.63, 3.8) is 0 Å². The zero-order chi connectivity index (χ0) is 13.3. The van der Waals surface area contributed by atoms with E-state index in [4.69, 9.17) is 0 Å². The molecule has 1 aliphatic heterocycles. The van der Waals surface area contributed by atoms with Gasteiger partial charge in [-0.1, -0.05) is 0 Å². The number of aliphatic hydroxyl groups excluding tert-OH is 2. The summed E-state index contributed by atoms with van der Waals surface area (Å²) in [7, 11) is 0. The van der Waals surface area contributed by atoms with Gasteiger partial charge < -0.3 is 19.7 Å². The summed E-state index contributed by atoms with van der Waals surface area (Å²) < 4.78 is 1.99. The number of carbonyl (C=O) groups excluding carboxylic acids is 1. The Balaban J connectivity index is 2.08. The fraction of sp³-hybridized carbons (Fsp3) is 0.455. The molecule has 2 heterocycles. The minimum Gasteiger partial charge on any atom is -0.388 e. The third-order valence-electron chi connectivity index (χ3n) is 2.86. The van der Waals surface area contributed by atoms with Crippen LogP contribution in [-0.2, 0) is 11.3 Å². The van der Waals surface area contributed by atoms with Crippen LogP contribution in [-0.4, -0.2) is 50.9 Å². The lowest BCUT2D eigenvalue weighted by molar-refractivity contribution is -0.131. The fourth-order valence-corrected chi connectivity index (χ4v) is 2.22. The van der Waals surface area contributed by atoms with Gasteiger partial charge in [-0.15, -0.1) is 0 Å². The Morgan fingerprint density at radius 2 is 1.94 bits per heavy atom. The number of β-amino-alcohol motifs (C(OH)–C–C–N with tert-alkyl or cyclic N) is 2. The first-order valence-electron chi connectivity index (χ1n) is 5.47. The zero-order valence-corrected chi connectivity index (χ0v) is 11.1. The van der Waals surface area contributed by atoms with E-state index in [0.29, 0.717) is 4.47 Å². The summed E-state index contributed by atoms with van der Waals surface area (Å²) in [4.78, 5) is 24.8. The summed E-state index contributed by atoms with van der Waals surface area (Å²) in [5.74, 6) is -0.300. The smallest absolute Gasteiger partial charge is 0.251 e. The third kappa shape index (κ3) is 2.80. The number of aliphatic hydroxyl groups is 2. The second kappa shape index (κ2) is 5.21. The van der Waals surface area contributed by atoms with Crippen LogP contribution in [0.1, 0.15) is 0 Å². The average molecular weight is 317 g/mol. The van der Waals surface area contributed by atoms with Crippen LogP contribution in [0.5, 0.6) is 0 Å². The molecule has 2 unspecified atom stereocenters. The van der Waals surface area contributed by atoms with Crippen LogP contribution in [0.2, 0.25) is 0 Å². The first-order valence-corrected chi connectivity index (χ1v) is 6.26. The van der Waals surface area contributed by atoms with Gasteiger partial charge in [0.15, 0.2) is 0 Å². The molecule has 0 saturated carbocycles. The number of hydrogen-bond donors (Lipinski definition) is 2. The summed E-state index contributed by atoms with van der Waals surface area (Å²) in [6, 6.07) is 2.97. The molecule has 0 aliphatic carbocycles. The maximum atomic E-state index is 11.9. The van der Waals surface area contributed by atoms with E-state index in [1.807, 2.05) is 0 Å². The number of pyridine rings is 1. The van der Waals surface area contributed by atoms with Gasteiger partial charge in [0.1, 0.15) is 6.54 Å². The molecule has 1 aliphatic rings. The third-order valence-corrected chi connectivity index (χ3v) is 3.33. The molecule has 2 rings (SSSR count). The SMILES string of the molecule is O=C(Cn1cc(Br)ccc1=O)N1CC(O)C(O)C1. The summed E-state index contributed by atoms with van der Waals surface area (Å²) in [5.41, 5.74) is -0.271. The number of amides is 1. The topological polar surface area (TPSA) is 82.8 Å². The van der Waals surface area contributed by atoms with Gasteiger partial charge in [0.2, 0.25) is 5.91 Å². The van der Waals surface area contributed by atoms with Crippen molar-refractivity contribution in [1.82, 2.24) is 9.47 Å². The summed E-state index contributed by atoms with van der Waals surface area (Å²) >= 11 is 3.22. The van der Waals surface area contributed by atoms with Crippen LogP contribution in [0.4, 0.5) is 0 Å². The molecule has 0 spiro atoms. The van der Waals surface area contributed by atoms with Gasteiger partial charge in [0, 0.05) is 29.8 Å². The Bertz CT molecular complexity index is 506. The first-order chi connectivity index (χ1) is 8.47. The van der Waals surface area contributed by atoms with Gasteiger partial charge >= 0.3 is 0 Å². The molecule has 1 saturated heterocycles. The molecule has 6 nitrogen and oxygen atoms in total. The van der Waals surface area contributed by atoms with E-state index in [1.165, 1.54) is 21.7 Å². The van der Waals surface area contributed by atoms with Gasteiger partial charge in [-0.05, 0) is 22.0 Å². The zero-order valence-electron chi connectivity index (χ0n) is 9.49. The Morgan fingerprint density at radius 1 is 1.33 bits per heavy atom. The molecular formula is C11H13BrN2O4. The number of rotatable bonds is 2. The minimum absolute atomic E-state index is 0.0995. The number of hydrogen-bond acceptors (Lipinski definition) is 4. The highest BCUT2D eigenvalue weighted by molar-refractivity contribution is 9.10. The highest BCUT2D eigenvalue weighted by Gasteiger charge is 2.32. The normalized spacial score (nSPS) is 23.4. The molecular weight excluding hydrogens is 304 g/mol. The second-order valence-electron chi connectivity index (χ2n) is 4.25. The maximum absolute atomic E-state index is 11.9. The van der Waals surface area contributed by atoms with Crippen molar-refractivity contribution in [2.75, 3.05) is 13.1 Å². The van der Waals surface area contributed by atoms with Gasteiger partial charge in [-0.25, -0.2) is 0 Å². The maximum Gasteiger partial charge on any atom is 0.251 e. The van der Waals surface area contributed by atoms with Crippen LogP contribution in [0.15, 0.2) is 27.6 Å². The predicted molar refractivity (Wildman–Crippen MR) is 67.0 cm³/mol. The van der Waals surface area contributed by atoms with Crippen LogP contribution < -0.4 is 5.56 Å². The molecule has 7 heteroatoms. The lowest BCUT2D eigenvalue weighted by atomic mass is 10.3. The first kappa shape index (κ1) is 13.3. The van der Waals surface area contributed by atoms with E-state index in [2.05, 4.69) is 15.9 Å². The molecule has 0 radical (unpaired) electrons. The van der Waals surface area contributed by atoms with E-state index in [9.17, 15) is 19.8 Å². The van der Waals surface area contributed by atoms with Crippen molar-refractivity contribution in [1.29, 1.82) is 0 Å². The van der Waals surface area contributed by atoms with Crippen molar-refractivity contribution in [2.24, 2.45) is 0 Å². The molecule has 2 atom stereocenters. The molecule has 1 fully saturated rings. The summed E-state index contributed by atoms with van der Waals surface area (Å²) in [6.45, 7) is 0.100. The van der Waals surface area contributed by atoms with Gasteiger partial charge in [0.05, 0.1) is 12.2 Å². The highest BCUT2D eigenvalue weighted by atomic mass is 79.9. The number of carbonyl (C=O) groups is 1. The standard InChI is InChI=1S/C11H13BrN2O4/c12-7-1-2-10(17)13(3-7)6-11(18)14-4-8(15)9(16)5-14/h1-3,8-9,15-16H,4-6H2. The Morgan fingerprint density at radius 3 is 2.56 bits per heavy atom. The molecule has 1 aromatic heterocycles. The Kier molecular flexibility index (Phi) is 3.84. The van der Waals surface area contributed by atoms with E-state index >= 15 is 0 Å². The number of aromatic nitrogens is 1. The summed E-state index contributed by atoms with van der Waals surface area (Å²) in [6.07, 6.45) is -0.287. The Hall–Kier alpha value is -1.18. The predicted octanol–water partition coefficient (Wildman–Crippen LogP) is -0.825. The van der Waals surface area contributed by atoms with Crippen LogP contribution >= 0.6 is 15.9 Å². The van der Waals surface area contributed by atoms with Gasteiger partial charge in [-0.2, -0.15) is 0 Å². The number of likely N-dealkylation sites (tertiary alicyclic amines) is 1. The molecule has 0 bridgehead atoms. The number of halogens is 1. The second-order valence-corrected chi connectivity index (χ2v) is 5.16. The van der Waals surface area contributed by atoms with Crippen molar-refractivity contribution < 1.29 is 15.0 Å². The van der Waals surface area contributed by atoms with E-state index in [-0.39, 0.29) is 31.1 Å². The quantitative estimate of drug-likeness (QED) is 0.746. The van der Waals surface area contributed by atoms with Crippen molar-refractivity contribution >= 4 is 21.8 Å². The average Bonchev–Trinajstić information content (AvgIpc) is 2.64. The van der Waals surface area contributed by atoms with Gasteiger partial charge in [0.25, 0.3) is 5.56 Å². The monoisotopic (exact) mass is 316 g/mol. The minimum atomic E-state index is -0.909. The van der Waals surface area contributed by atoms with Crippen molar-refractivity contribution in [2.45, 2.75) is 18.8 Å².